The number of nitrogens with zero attached hydrogens (tertiary/aromatic N) is 8. The van der Waals surface area contributed by atoms with Gasteiger partial charge in [0.15, 0.2) is 77.7 Å². The second-order valence-electron chi connectivity index (χ2n) is 18.9. The maximum atomic E-state index is 17.1. The fraction of sp³-hybridized carbons (Fsp3) is 0.489. The summed E-state index contributed by atoms with van der Waals surface area (Å²) in [5.41, 5.74) is 0.536. The van der Waals surface area contributed by atoms with Gasteiger partial charge >= 0.3 is 0 Å². The molecule has 3 aliphatic rings. The van der Waals surface area contributed by atoms with Gasteiger partial charge in [-0.3, -0.25) is 23.5 Å². The summed E-state index contributed by atoms with van der Waals surface area (Å²) in [6.07, 6.45) is -3.45. The summed E-state index contributed by atoms with van der Waals surface area (Å²) in [5.74, 6) is 1.64. The van der Waals surface area contributed by atoms with E-state index in [9.17, 15) is 24.6 Å². The van der Waals surface area contributed by atoms with Gasteiger partial charge in [-0.25, -0.2) is 29.3 Å². The predicted octanol–water partition coefficient (Wildman–Crippen LogP) is 4.65. The molecule has 0 aliphatic carbocycles. The normalized spacial score (nSPS) is 25.0. The first-order valence-corrected chi connectivity index (χ1v) is 27.2. The van der Waals surface area contributed by atoms with E-state index in [2.05, 4.69) is 56.0 Å². The molecule has 10 atom stereocenters. The number of hydrogen-bond acceptors (Lipinski definition) is 17. The molecule has 372 valence electrons. The summed E-state index contributed by atoms with van der Waals surface area (Å²) in [7, 11) is -2.74. The molecule has 1 aromatic carbocycles. The van der Waals surface area contributed by atoms with E-state index in [0.29, 0.717) is 23.8 Å². The van der Waals surface area contributed by atoms with Gasteiger partial charge in [0.2, 0.25) is 5.91 Å². The Morgan fingerprint density at radius 3 is 2.44 bits per heavy atom. The van der Waals surface area contributed by atoms with Crippen molar-refractivity contribution in [1.82, 2.24) is 43.9 Å². The maximum absolute atomic E-state index is 17.1. The monoisotopic (exact) mass is 1020 g/mol. The fourth-order valence-electron chi connectivity index (χ4n) is 8.64. The summed E-state index contributed by atoms with van der Waals surface area (Å²) in [6.45, 7) is 11.7. The number of aliphatic hydroxyl groups is 2. The third-order valence-electron chi connectivity index (χ3n) is 13.4. The number of aromatic nitrogens is 8. The first kappa shape index (κ1) is 49.3. The van der Waals surface area contributed by atoms with Gasteiger partial charge in [-0.15, -0.1) is 8.19 Å². The fourth-order valence-corrected chi connectivity index (χ4v) is 11.3. The molecule has 21 nitrogen and oxygen atoms in total. The molecule has 4 N–H and O–H groups in total. The number of anilines is 1. The number of imidazole rings is 2. The Bertz CT molecular complexity index is 2950. The summed E-state index contributed by atoms with van der Waals surface area (Å²) >= 11 is 5.95. The summed E-state index contributed by atoms with van der Waals surface area (Å²) in [5, 5.41) is 25.4. The van der Waals surface area contributed by atoms with E-state index in [1.807, 2.05) is 13.1 Å². The number of halogens is 1. The van der Waals surface area contributed by atoms with Gasteiger partial charge in [0.1, 0.15) is 44.0 Å². The molecular weight excluding hydrogens is 967 g/mol. The van der Waals surface area contributed by atoms with Gasteiger partial charge in [-0.1, -0.05) is 39.0 Å². The number of fused-ring (bicyclic) bond motifs is 2. The molecule has 9 rings (SSSR count). The van der Waals surface area contributed by atoms with Crippen molar-refractivity contribution >= 4 is 73.7 Å². The molecule has 3 aliphatic heterocycles. The topological polar surface area (TPSA) is 252 Å². The van der Waals surface area contributed by atoms with Crippen molar-refractivity contribution < 1.29 is 52.3 Å². The Labute approximate surface area is 408 Å². The number of ether oxygens (including phenoxy) is 5. The standard InChI is InChI=1S/C45H54FN10O11PSSi/c1-23(58)54-14-10-13-25(54)16-62-28-18-68-36(44(69)63-17-27-34(67-70(5,6)45(2,3)4)32(59)43(65-27)56-22-52-31-39(56)49-20-50-41(31)61)35(28)66-33-26(15-57)64-42(29(33)46)55-21-51-30-37(47-19-48-38(30)55)53-40(60)24-11-8-7-9-12-24/h7-9,11-12,18-22,25-27,29,32-34,42-43,57,59,68H,10,13-17H2,1-6H3,(H,49,50,61)(H,47,48,53,60)/t25-,26-,27-,29-,32-,33-,34-,42-,43-/m1/s1. The molecule has 5 aromatic heterocycles. The van der Waals surface area contributed by atoms with Crippen LogP contribution in [-0.2, 0) is 23.4 Å². The van der Waals surface area contributed by atoms with Gasteiger partial charge in [0.05, 0.1) is 36.9 Å². The van der Waals surface area contributed by atoms with Crippen LogP contribution in [0.4, 0.5) is 10.2 Å². The number of aliphatic hydroxyl groups excluding tert-OH is 2. The number of amides is 2. The van der Waals surface area contributed by atoms with Crippen LogP contribution in [-0.4, -0.2) is 148 Å². The number of hydrogen-bond donors (Lipinski definition) is 4. The lowest BCUT2D eigenvalue weighted by Crippen LogP contribution is -2.50. The molecule has 2 amide bonds. The number of carbonyl (C=O) groups is 2. The highest BCUT2D eigenvalue weighted by Crippen LogP contribution is 2.46. The maximum Gasteiger partial charge on any atom is 0.278 e. The van der Waals surface area contributed by atoms with Gasteiger partial charge in [0, 0.05) is 24.8 Å². The quantitative estimate of drug-likeness (QED) is 0.0807. The number of likely N-dealkylation sites (tertiary alicyclic amines) is 1. The number of alkyl halides is 1. The van der Waals surface area contributed by atoms with Gasteiger partial charge in [-0.2, -0.15) is 0 Å². The average Bonchev–Trinajstić information content (AvgIpc) is 4.20. The van der Waals surface area contributed by atoms with Crippen molar-refractivity contribution in [3.8, 4) is 11.5 Å². The second kappa shape index (κ2) is 19.8. The molecule has 3 saturated heterocycles. The summed E-state index contributed by atoms with van der Waals surface area (Å²) in [4.78, 5) is 63.7. The Morgan fingerprint density at radius 1 is 1.00 bits per heavy atom. The first-order chi connectivity index (χ1) is 33.4. The highest BCUT2D eigenvalue weighted by Gasteiger charge is 2.52. The predicted molar refractivity (Wildman–Crippen MR) is 260 cm³/mol. The number of nitrogens with one attached hydrogen (secondary N) is 2. The zero-order chi connectivity index (χ0) is 49.6. The van der Waals surface area contributed by atoms with Crippen molar-refractivity contribution in [2.45, 2.75) is 114 Å². The van der Waals surface area contributed by atoms with E-state index in [1.54, 1.807) is 41.0 Å². The Balaban J connectivity index is 0.987. The van der Waals surface area contributed by atoms with Crippen LogP contribution in [0.25, 0.3) is 22.3 Å². The van der Waals surface area contributed by atoms with Crippen LogP contribution in [0.3, 0.4) is 0 Å². The summed E-state index contributed by atoms with van der Waals surface area (Å²) in [6, 6.07) is 8.32. The molecule has 8 heterocycles. The largest absolute Gasteiger partial charge is 0.487 e. The third kappa shape index (κ3) is 9.45. The number of H-pyrrole nitrogens is 1. The average molecular weight is 1020 g/mol. The van der Waals surface area contributed by atoms with Crippen LogP contribution in [0.1, 0.15) is 68.6 Å². The van der Waals surface area contributed by atoms with Crippen LogP contribution in [0.2, 0.25) is 18.1 Å². The van der Waals surface area contributed by atoms with Crippen molar-refractivity contribution in [1.29, 1.82) is 0 Å². The van der Waals surface area contributed by atoms with Crippen molar-refractivity contribution in [3.63, 3.8) is 0 Å². The zero-order valence-electron chi connectivity index (χ0n) is 39.1. The van der Waals surface area contributed by atoms with Crippen molar-refractivity contribution in [2.24, 2.45) is 0 Å². The highest BCUT2D eigenvalue weighted by atomic mass is 32.1. The van der Waals surface area contributed by atoms with E-state index in [-0.39, 0.29) is 83.1 Å². The molecule has 6 aromatic rings. The molecule has 3 fully saturated rings. The van der Waals surface area contributed by atoms with Gasteiger partial charge < -0.3 is 53.5 Å². The molecule has 25 heteroatoms. The molecular formula is C45H54FN10O11PSSi. The smallest absolute Gasteiger partial charge is 0.278 e. The molecule has 0 saturated carbocycles. The lowest BCUT2D eigenvalue weighted by molar-refractivity contribution is -0.130. The number of rotatable bonds is 15. The lowest BCUT2D eigenvalue weighted by Gasteiger charge is -2.40. The van der Waals surface area contributed by atoms with Gasteiger partial charge in [0.25, 0.3) is 11.5 Å². The van der Waals surface area contributed by atoms with E-state index in [0.717, 1.165) is 6.42 Å². The van der Waals surface area contributed by atoms with E-state index >= 15 is 4.39 Å². The minimum atomic E-state index is -2.56. The third-order valence-corrected chi connectivity index (χ3v) is 19.5. The minimum Gasteiger partial charge on any atom is -0.487 e. The van der Waals surface area contributed by atoms with E-state index in [1.165, 1.54) is 41.4 Å². The second-order valence-corrected chi connectivity index (χ2v) is 25.1. The highest BCUT2D eigenvalue weighted by molar-refractivity contribution is 7.81. The molecule has 70 heavy (non-hydrogen) atoms. The van der Waals surface area contributed by atoms with Crippen LogP contribution >= 0.6 is 20.4 Å². The number of aromatic amines is 1. The van der Waals surface area contributed by atoms with E-state index in [4.69, 9.17) is 40.3 Å². The van der Waals surface area contributed by atoms with E-state index < -0.39 is 75.5 Å². The molecule has 0 spiro atoms. The minimum absolute atomic E-state index is 0.0304. The molecule has 0 bridgehead atoms. The van der Waals surface area contributed by atoms with Crippen molar-refractivity contribution in [2.75, 3.05) is 31.7 Å². The van der Waals surface area contributed by atoms with Crippen LogP contribution < -0.4 is 20.3 Å². The SMILES string of the molecule is CC(=O)N1CCC[C@@H]1COc1c[pH]c(C(=S)OC[C@H]2O[C@@H](n3cnc4c(=O)[nH]cnc43)[C@H](O)[C@@H]2O[Si](C)(C)C(C)(C)C)c1O[C@H]1[C@@H](F)[C@H](n2cnc3c(NC(=O)c4ccccc4)ncnc32)O[C@@H]1CO. The Kier molecular flexibility index (Phi) is 13.9. The van der Waals surface area contributed by atoms with Crippen molar-refractivity contribution in [3.05, 3.63) is 82.7 Å². The molecule has 0 radical (unpaired) electrons. The Morgan fingerprint density at radius 2 is 1.71 bits per heavy atom. The number of thiocarbonyl (C=S) groups is 1. The van der Waals surface area contributed by atoms with Crippen LogP contribution in [0, 0.1) is 0 Å². The molecule has 1 unspecified atom stereocenters. The zero-order valence-corrected chi connectivity index (χ0v) is 42.0. The van der Waals surface area contributed by atoms with Crippen LogP contribution in [0.15, 0.2) is 66.2 Å². The summed E-state index contributed by atoms with van der Waals surface area (Å²) < 4.78 is 58.6. The number of benzene rings is 1. The number of carbonyl (C=O) groups excluding carboxylic acids is 2. The first-order valence-electron chi connectivity index (χ1n) is 22.8. The Hall–Kier alpha value is -5.72. The van der Waals surface area contributed by atoms with Gasteiger partial charge in [-0.05, 0) is 55.3 Å². The van der Waals surface area contributed by atoms with Crippen LogP contribution in [0.5, 0.6) is 11.5 Å². The lowest BCUT2D eigenvalue weighted by atomic mass is 10.1.